The molecule has 0 aromatic heterocycles. The topological polar surface area (TPSA) is 33.7 Å². The highest BCUT2D eigenvalue weighted by Crippen LogP contribution is 2.39. The first-order valence-corrected chi connectivity index (χ1v) is 8.33. The molecule has 0 bridgehead atoms. The lowest BCUT2D eigenvalue weighted by atomic mass is 9.77. The molecule has 1 N–H and O–H groups in total. The Labute approximate surface area is 141 Å². The number of nitrogens with zero attached hydrogens (tertiary/aromatic N) is 1. The average Bonchev–Trinajstić information content (AvgIpc) is 2.72. The van der Waals surface area contributed by atoms with E-state index in [0.717, 1.165) is 18.4 Å². The van der Waals surface area contributed by atoms with Gasteiger partial charge in [-0.1, -0.05) is 37.3 Å². The maximum atomic E-state index is 6.17. The van der Waals surface area contributed by atoms with Gasteiger partial charge in [0.2, 0.25) is 0 Å². The van der Waals surface area contributed by atoms with E-state index in [1.807, 2.05) is 13.1 Å². The molecule has 1 heterocycles. The molecule has 5 heteroatoms. The van der Waals surface area contributed by atoms with Crippen molar-refractivity contribution in [1.82, 2.24) is 10.4 Å². The van der Waals surface area contributed by atoms with E-state index >= 15 is 0 Å². The number of hydrogen-bond donors (Lipinski definition) is 1. The largest absolute Gasteiger partial charge is 0.492 e. The normalized spacial score (nSPS) is 19.9. The van der Waals surface area contributed by atoms with Gasteiger partial charge in [0, 0.05) is 13.2 Å². The molecular weight excluding hydrogens is 287 g/mol. The summed E-state index contributed by atoms with van der Waals surface area (Å²) < 4.78 is 12.3. The van der Waals surface area contributed by atoms with Crippen LogP contribution in [0.5, 0.6) is 0 Å². The Bertz CT molecular complexity index is 527. The van der Waals surface area contributed by atoms with Crippen LogP contribution in [0.25, 0.3) is 0 Å². The van der Waals surface area contributed by atoms with Gasteiger partial charge in [-0.2, -0.15) is 0 Å². The summed E-state index contributed by atoms with van der Waals surface area (Å²) in [6.45, 7) is 11.3. The molecule has 4 nitrogen and oxygen atoms in total. The molecule has 2 rings (SSSR count). The first kappa shape index (κ1) is 18.0. The fraction of sp³-hybridized carbons (Fsp3) is 0.556. The quantitative estimate of drug-likeness (QED) is 0.643. The fourth-order valence-corrected chi connectivity index (χ4v) is 2.48. The summed E-state index contributed by atoms with van der Waals surface area (Å²) in [5.41, 5.74) is 4.99. The highest BCUT2D eigenvalue weighted by molar-refractivity contribution is 6.54. The second-order valence-corrected chi connectivity index (χ2v) is 6.98. The van der Waals surface area contributed by atoms with Gasteiger partial charge < -0.3 is 14.3 Å². The Balaban J connectivity index is 2.14. The van der Waals surface area contributed by atoms with Crippen LogP contribution in [-0.2, 0) is 15.9 Å². The zero-order chi connectivity index (χ0) is 17.1. The zero-order valence-electron chi connectivity index (χ0n) is 15.2. The third-order valence-corrected chi connectivity index (χ3v) is 4.77. The average molecular weight is 316 g/mol. The van der Waals surface area contributed by atoms with Crippen molar-refractivity contribution in [1.29, 1.82) is 0 Å². The lowest BCUT2D eigenvalue weighted by Crippen LogP contribution is -2.41. The van der Waals surface area contributed by atoms with Crippen LogP contribution in [0, 0.1) is 0 Å². The molecule has 126 valence electrons. The van der Waals surface area contributed by atoms with Crippen LogP contribution in [0.3, 0.4) is 0 Å². The van der Waals surface area contributed by atoms with E-state index in [1.54, 1.807) is 0 Å². The second kappa shape index (κ2) is 7.08. The van der Waals surface area contributed by atoms with Crippen molar-refractivity contribution in [2.45, 2.75) is 58.8 Å². The van der Waals surface area contributed by atoms with E-state index in [1.165, 1.54) is 5.56 Å². The Morgan fingerprint density at radius 2 is 1.70 bits per heavy atom. The van der Waals surface area contributed by atoms with E-state index in [2.05, 4.69) is 75.5 Å². The zero-order valence-corrected chi connectivity index (χ0v) is 15.2. The van der Waals surface area contributed by atoms with Crippen molar-refractivity contribution in [3.8, 4) is 0 Å². The predicted octanol–water partition coefficient (Wildman–Crippen LogP) is 3.55. The van der Waals surface area contributed by atoms with Crippen LogP contribution >= 0.6 is 0 Å². The Morgan fingerprint density at radius 1 is 1.13 bits per heavy atom. The highest BCUT2D eigenvalue weighted by Gasteiger charge is 2.52. The van der Waals surface area contributed by atoms with E-state index in [-0.39, 0.29) is 18.3 Å². The van der Waals surface area contributed by atoms with Crippen LogP contribution in [0.15, 0.2) is 42.0 Å². The lowest BCUT2D eigenvalue weighted by Gasteiger charge is -2.32. The van der Waals surface area contributed by atoms with Crippen molar-refractivity contribution in [3.05, 3.63) is 47.6 Å². The number of allylic oxidation sites excluding steroid dienone is 1. The number of hydrogen-bond acceptors (Lipinski definition) is 4. The lowest BCUT2D eigenvalue weighted by molar-refractivity contribution is 0.00578. The van der Waals surface area contributed by atoms with Crippen molar-refractivity contribution in [2.75, 3.05) is 7.05 Å². The van der Waals surface area contributed by atoms with Crippen LogP contribution in [0.1, 0.15) is 46.6 Å². The predicted molar refractivity (Wildman–Crippen MR) is 95.5 cm³/mol. The summed E-state index contributed by atoms with van der Waals surface area (Å²) in [7, 11) is 1.63. The van der Waals surface area contributed by atoms with E-state index in [0.29, 0.717) is 0 Å². The SMILES string of the molecule is CC/C(=C\N(Cc1ccccc1)NC)B1OC(C)(C)C(C)(C)O1. The number of nitrogens with one attached hydrogen (secondary N) is 1. The molecule has 0 spiro atoms. The molecule has 1 saturated heterocycles. The third-order valence-electron chi connectivity index (χ3n) is 4.77. The molecule has 0 atom stereocenters. The minimum Gasteiger partial charge on any atom is -0.400 e. The first-order valence-electron chi connectivity index (χ1n) is 8.33. The minimum atomic E-state index is -0.310. The highest BCUT2D eigenvalue weighted by atomic mass is 16.7. The molecule has 0 saturated carbocycles. The summed E-state index contributed by atoms with van der Waals surface area (Å²) in [4.78, 5) is 0. The summed E-state index contributed by atoms with van der Waals surface area (Å²) in [6.07, 6.45) is 2.99. The second-order valence-electron chi connectivity index (χ2n) is 6.98. The van der Waals surface area contributed by atoms with Crippen molar-refractivity contribution in [3.63, 3.8) is 0 Å². The molecule has 1 aromatic rings. The van der Waals surface area contributed by atoms with Gasteiger partial charge in [0.1, 0.15) is 0 Å². The summed E-state index contributed by atoms with van der Waals surface area (Å²) in [6, 6.07) is 10.4. The van der Waals surface area contributed by atoms with Gasteiger partial charge in [0.25, 0.3) is 0 Å². The van der Waals surface area contributed by atoms with Gasteiger partial charge in [-0.3, -0.25) is 0 Å². The van der Waals surface area contributed by atoms with Gasteiger partial charge in [-0.15, -0.1) is 0 Å². The summed E-state index contributed by atoms with van der Waals surface area (Å²) in [5.74, 6) is 0. The van der Waals surface area contributed by atoms with Crippen molar-refractivity contribution in [2.24, 2.45) is 0 Å². The molecule has 1 aliphatic rings. The maximum absolute atomic E-state index is 6.17. The third kappa shape index (κ3) is 4.16. The van der Waals surface area contributed by atoms with E-state index in [4.69, 9.17) is 9.31 Å². The molecule has 0 radical (unpaired) electrons. The first-order chi connectivity index (χ1) is 10.8. The number of hydrazine groups is 1. The standard InChI is InChI=1S/C18H29BN2O2/c1-7-16(19-22-17(2,3)18(4,5)23-19)14-21(20-6)13-15-11-9-8-10-12-15/h8-12,14,20H,7,13H2,1-6H3/b16-14+. The fourth-order valence-electron chi connectivity index (χ4n) is 2.48. The maximum Gasteiger partial charge on any atom is 0.492 e. The van der Waals surface area contributed by atoms with Crippen LogP contribution in [-0.4, -0.2) is 30.4 Å². The van der Waals surface area contributed by atoms with Gasteiger partial charge in [-0.25, -0.2) is 5.43 Å². The van der Waals surface area contributed by atoms with Crippen LogP contribution in [0.4, 0.5) is 0 Å². The van der Waals surface area contributed by atoms with Gasteiger partial charge in [-0.05, 0) is 45.2 Å². The molecule has 1 aromatic carbocycles. The summed E-state index contributed by atoms with van der Waals surface area (Å²) >= 11 is 0. The molecule has 1 fully saturated rings. The van der Waals surface area contributed by atoms with Crippen LogP contribution in [0.2, 0.25) is 0 Å². The Morgan fingerprint density at radius 3 is 2.17 bits per heavy atom. The minimum absolute atomic E-state index is 0.295. The molecule has 1 aliphatic heterocycles. The summed E-state index contributed by atoms with van der Waals surface area (Å²) in [5, 5.41) is 2.07. The smallest absolute Gasteiger partial charge is 0.400 e. The monoisotopic (exact) mass is 316 g/mol. The Kier molecular flexibility index (Phi) is 5.55. The van der Waals surface area contributed by atoms with E-state index in [9.17, 15) is 0 Å². The molecular formula is C18H29BN2O2. The molecule has 23 heavy (non-hydrogen) atoms. The van der Waals surface area contributed by atoms with Gasteiger partial charge in [0.05, 0.1) is 17.7 Å². The van der Waals surface area contributed by atoms with Crippen LogP contribution < -0.4 is 5.43 Å². The van der Waals surface area contributed by atoms with E-state index < -0.39 is 0 Å². The Hall–Kier alpha value is -1.30. The van der Waals surface area contributed by atoms with Crippen molar-refractivity contribution < 1.29 is 9.31 Å². The molecule has 0 unspecified atom stereocenters. The van der Waals surface area contributed by atoms with Gasteiger partial charge in [0.15, 0.2) is 0 Å². The molecule has 0 aliphatic carbocycles. The molecule has 0 amide bonds. The van der Waals surface area contributed by atoms with Crippen molar-refractivity contribution >= 4 is 7.12 Å². The number of benzene rings is 1. The number of rotatable bonds is 6. The van der Waals surface area contributed by atoms with Gasteiger partial charge >= 0.3 is 7.12 Å².